The van der Waals surface area contributed by atoms with Gasteiger partial charge in [-0.3, -0.25) is 4.79 Å². The molecule has 1 aliphatic carbocycles. The standard InChI is InChI=1S/C23H26N4O4/c1-13(15-9-21(28)24-11-15)31-23-22-18(25-12-27(22)16-5-6-16)10-17(26-23)14-4-7-19(29-2)20(8-14)30-3/h4,7-8,10,12-13,15-16H,5-6,9,11H2,1-3H3,(H,24,28)/t13?,15-/m1/s1. The van der Waals surface area contributed by atoms with Crippen LogP contribution in [0.25, 0.3) is 22.3 Å². The van der Waals surface area contributed by atoms with E-state index in [-0.39, 0.29) is 17.9 Å². The van der Waals surface area contributed by atoms with Crippen LogP contribution in [-0.4, -0.2) is 47.3 Å². The van der Waals surface area contributed by atoms with Crippen LogP contribution >= 0.6 is 0 Å². The van der Waals surface area contributed by atoms with Gasteiger partial charge in [0.15, 0.2) is 11.5 Å². The van der Waals surface area contributed by atoms with E-state index in [9.17, 15) is 4.79 Å². The number of imidazole rings is 1. The molecule has 2 fully saturated rings. The van der Waals surface area contributed by atoms with Crippen LogP contribution < -0.4 is 19.5 Å². The van der Waals surface area contributed by atoms with Crippen LogP contribution in [0.1, 0.15) is 32.2 Å². The van der Waals surface area contributed by atoms with Gasteiger partial charge in [0, 0.05) is 30.5 Å². The first kappa shape index (κ1) is 19.7. The quantitative estimate of drug-likeness (QED) is 0.628. The molecule has 3 heterocycles. The number of nitrogens with one attached hydrogen (secondary N) is 1. The number of ether oxygens (including phenoxy) is 3. The van der Waals surface area contributed by atoms with E-state index >= 15 is 0 Å². The maximum Gasteiger partial charge on any atom is 0.241 e. The third-order valence-corrected chi connectivity index (χ3v) is 6.11. The van der Waals surface area contributed by atoms with Gasteiger partial charge in [0.1, 0.15) is 11.6 Å². The van der Waals surface area contributed by atoms with Crippen LogP contribution in [-0.2, 0) is 4.79 Å². The minimum Gasteiger partial charge on any atom is -0.493 e. The summed E-state index contributed by atoms with van der Waals surface area (Å²) in [6, 6.07) is 8.14. The van der Waals surface area contributed by atoms with Crippen LogP contribution in [0.5, 0.6) is 17.4 Å². The molecule has 1 saturated carbocycles. The number of rotatable bonds is 7. The Balaban J connectivity index is 1.57. The van der Waals surface area contributed by atoms with E-state index in [4.69, 9.17) is 19.2 Å². The molecule has 2 aliphatic rings. The molecule has 1 aliphatic heterocycles. The second-order valence-corrected chi connectivity index (χ2v) is 8.22. The van der Waals surface area contributed by atoms with Crippen LogP contribution in [0.3, 0.4) is 0 Å². The molecule has 0 radical (unpaired) electrons. The smallest absolute Gasteiger partial charge is 0.241 e. The maximum atomic E-state index is 11.7. The second kappa shape index (κ2) is 7.76. The lowest BCUT2D eigenvalue weighted by atomic mass is 10.0. The molecule has 1 amide bonds. The first-order valence-corrected chi connectivity index (χ1v) is 10.6. The summed E-state index contributed by atoms with van der Waals surface area (Å²) in [7, 11) is 3.23. The highest BCUT2D eigenvalue weighted by molar-refractivity contribution is 5.85. The van der Waals surface area contributed by atoms with Gasteiger partial charge in [-0.25, -0.2) is 9.97 Å². The van der Waals surface area contributed by atoms with Crippen molar-refractivity contribution in [1.29, 1.82) is 0 Å². The fraction of sp³-hybridized carbons (Fsp3) is 0.435. The zero-order valence-electron chi connectivity index (χ0n) is 17.9. The number of carbonyl (C=O) groups excluding carboxylic acids is 1. The van der Waals surface area contributed by atoms with E-state index in [1.54, 1.807) is 14.2 Å². The summed E-state index contributed by atoms with van der Waals surface area (Å²) >= 11 is 0. The number of carbonyl (C=O) groups is 1. The van der Waals surface area contributed by atoms with Crippen molar-refractivity contribution >= 4 is 16.9 Å². The van der Waals surface area contributed by atoms with Crippen molar-refractivity contribution in [3.05, 3.63) is 30.6 Å². The molecule has 31 heavy (non-hydrogen) atoms. The lowest BCUT2D eigenvalue weighted by Crippen LogP contribution is -2.26. The van der Waals surface area contributed by atoms with E-state index in [1.165, 1.54) is 0 Å². The highest BCUT2D eigenvalue weighted by Gasteiger charge is 2.31. The monoisotopic (exact) mass is 422 g/mol. The lowest BCUT2D eigenvalue weighted by Gasteiger charge is -2.20. The molecule has 1 N–H and O–H groups in total. The van der Waals surface area contributed by atoms with Crippen LogP contribution in [0.2, 0.25) is 0 Å². The number of amides is 1. The van der Waals surface area contributed by atoms with Crippen molar-refractivity contribution in [3.63, 3.8) is 0 Å². The third-order valence-electron chi connectivity index (χ3n) is 6.11. The fourth-order valence-corrected chi connectivity index (χ4v) is 4.11. The number of aromatic nitrogens is 3. The Labute approximate surface area is 180 Å². The van der Waals surface area contributed by atoms with Gasteiger partial charge < -0.3 is 24.1 Å². The number of fused-ring (bicyclic) bond motifs is 1. The molecule has 1 saturated heterocycles. The Morgan fingerprint density at radius 2 is 1.97 bits per heavy atom. The normalized spacial score (nSPS) is 19.3. The van der Waals surface area contributed by atoms with Crippen molar-refractivity contribution in [2.24, 2.45) is 5.92 Å². The van der Waals surface area contributed by atoms with Gasteiger partial charge in [-0.15, -0.1) is 0 Å². The second-order valence-electron chi connectivity index (χ2n) is 8.22. The molecule has 162 valence electrons. The topological polar surface area (TPSA) is 87.5 Å². The predicted molar refractivity (Wildman–Crippen MR) is 116 cm³/mol. The summed E-state index contributed by atoms with van der Waals surface area (Å²) in [5.41, 5.74) is 3.39. The summed E-state index contributed by atoms with van der Waals surface area (Å²) in [4.78, 5) is 21.2. The van der Waals surface area contributed by atoms with Gasteiger partial charge in [0.25, 0.3) is 0 Å². The average Bonchev–Trinajstić information content (AvgIpc) is 3.38. The molecule has 0 spiro atoms. The third kappa shape index (κ3) is 3.66. The number of pyridine rings is 1. The first-order chi connectivity index (χ1) is 15.1. The van der Waals surface area contributed by atoms with Crippen LogP contribution in [0.15, 0.2) is 30.6 Å². The van der Waals surface area contributed by atoms with Crippen molar-refractivity contribution in [2.75, 3.05) is 20.8 Å². The Hall–Kier alpha value is -3.29. The maximum absolute atomic E-state index is 11.7. The predicted octanol–water partition coefficient (Wildman–Crippen LogP) is 3.35. The molecular formula is C23H26N4O4. The first-order valence-electron chi connectivity index (χ1n) is 10.6. The van der Waals surface area contributed by atoms with Gasteiger partial charge >= 0.3 is 0 Å². The molecule has 8 heteroatoms. The van der Waals surface area contributed by atoms with Gasteiger partial charge in [-0.2, -0.15) is 0 Å². The summed E-state index contributed by atoms with van der Waals surface area (Å²) < 4.78 is 19.4. The van der Waals surface area contributed by atoms with Gasteiger partial charge in [0.05, 0.1) is 31.8 Å². The number of hydrogen-bond donors (Lipinski definition) is 1. The zero-order chi connectivity index (χ0) is 21.5. The summed E-state index contributed by atoms with van der Waals surface area (Å²) in [6.45, 7) is 2.62. The number of hydrogen-bond acceptors (Lipinski definition) is 6. The highest BCUT2D eigenvalue weighted by atomic mass is 16.5. The number of methoxy groups -OCH3 is 2. The average molecular weight is 422 g/mol. The van der Waals surface area contributed by atoms with E-state index in [0.29, 0.717) is 36.4 Å². The van der Waals surface area contributed by atoms with E-state index < -0.39 is 0 Å². The van der Waals surface area contributed by atoms with Gasteiger partial charge in [0.2, 0.25) is 11.8 Å². The summed E-state index contributed by atoms with van der Waals surface area (Å²) in [6.07, 6.45) is 4.47. The van der Waals surface area contributed by atoms with E-state index in [2.05, 4.69) is 14.9 Å². The van der Waals surface area contributed by atoms with Crippen LogP contribution in [0.4, 0.5) is 0 Å². The number of nitrogens with zero attached hydrogens (tertiary/aromatic N) is 3. The van der Waals surface area contributed by atoms with Crippen LogP contribution in [0, 0.1) is 5.92 Å². The summed E-state index contributed by atoms with van der Waals surface area (Å²) in [5, 5.41) is 2.89. The molecular weight excluding hydrogens is 396 g/mol. The highest BCUT2D eigenvalue weighted by Crippen LogP contribution is 2.41. The van der Waals surface area contributed by atoms with E-state index in [0.717, 1.165) is 35.1 Å². The Kier molecular flexibility index (Phi) is 4.92. The molecule has 3 aromatic rings. The minimum absolute atomic E-state index is 0.0701. The Morgan fingerprint density at radius 3 is 2.65 bits per heavy atom. The molecule has 5 rings (SSSR count). The molecule has 0 bridgehead atoms. The Morgan fingerprint density at radius 1 is 1.16 bits per heavy atom. The van der Waals surface area contributed by atoms with Gasteiger partial charge in [-0.05, 0) is 44.0 Å². The van der Waals surface area contributed by atoms with Crippen molar-refractivity contribution in [1.82, 2.24) is 19.9 Å². The lowest BCUT2D eigenvalue weighted by molar-refractivity contribution is -0.119. The van der Waals surface area contributed by atoms with Crippen molar-refractivity contribution in [3.8, 4) is 28.6 Å². The molecule has 1 aromatic carbocycles. The zero-order valence-corrected chi connectivity index (χ0v) is 17.9. The van der Waals surface area contributed by atoms with Gasteiger partial charge in [-0.1, -0.05) is 0 Å². The van der Waals surface area contributed by atoms with E-state index in [1.807, 2.05) is 37.5 Å². The minimum atomic E-state index is -0.155. The SMILES string of the molecule is COc1ccc(-c2cc3ncn(C4CC4)c3c(OC(C)[C@H]3CNC(=O)C3)n2)cc1OC. The molecule has 8 nitrogen and oxygen atoms in total. The number of benzene rings is 1. The van der Waals surface area contributed by atoms with Crippen molar-refractivity contribution < 1.29 is 19.0 Å². The molecule has 2 atom stereocenters. The summed E-state index contributed by atoms with van der Waals surface area (Å²) in [5.74, 6) is 2.04. The Bertz CT molecular complexity index is 1140. The fourth-order valence-electron chi connectivity index (χ4n) is 4.11. The van der Waals surface area contributed by atoms with Crippen molar-refractivity contribution in [2.45, 2.75) is 38.3 Å². The molecule has 2 aromatic heterocycles. The largest absolute Gasteiger partial charge is 0.493 e. The molecule has 1 unspecified atom stereocenters.